The summed E-state index contributed by atoms with van der Waals surface area (Å²) in [7, 11) is 0. The lowest BCUT2D eigenvalue weighted by Crippen LogP contribution is -3.00. The molecule has 9 unspecified atom stereocenters. The monoisotopic (exact) mass is 525 g/mol. The first-order chi connectivity index (χ1) is 16.5. The zero-order chi connectivity index (χ0) is 25.9. The molecule has 0 spiro atoms. The van der Waals surface area contributed by atoms with Gasteiger partial charge in [0.1, 0.15) is 0 Å². The maximum Gasteiger partial charge on any atom is 0.0928 e. The number of quaternary nitrogens is 1. The van der Waals surface area contributed by atoms with E-state index in [1.165, 1.54) is 68.8 Å². The Kier molecular flexibility index (Phi) is 12.6. The Hall–Kier alpha value is 0.210. The zero-order valence-corrected chi connectivity index (χ0v) is 26.4. The van der Waals surface area contributed by atoms with E-state index in [-0.39, 0.29) is 12.4 Å². The fourth-order valence-corrected chi connectivity index (χ4v) is 9.69. The van der Waals surface area contributed by atoms with Crippen molar-refractivity contribution < 1.29 is 22.0 Å². The van der Waals surface area contributed by atoms with Crippen molar-refractivity contribution in [3.05, 3.63) is 0 Å². The maximum atomic E-state index is 10.3. The molecule has 0 aliphatic heterocycles. The predicted molar refractivity (Wildman–Crippen MR) is 152 cm³/mol. The SMILES string of the molecule is CC1CCC(C(C)C)C([N+](CCCO)(C2CC(C)CCC2C(C)C)C2CC(C)CCC2C(C)C)C1.[Cl-]. The molecule has 2 nitrogen and oxygen atoms in total. The van der Waals surface area contributed by atoms with Gasteiger partial charge in [-0.2, -0.15) is 0 Å². The van der Waals surface area contributed by atoms with Crippen LogP contribution in [0.25, 0.3) is 0 Å². The topological polar surface area (TPSA) is 20.2 Å². The molecule has 3 saturated carbocycles. The smallest absolute Gasteiger partial charge is 0.0928 e. The van der Waals surface area contributed by atoms with E-state index in [0.717, 1.165) is 77.8 Å². The third-order valence-corrected chi connectivity index (χ3v) is 11.5. The van der Waals surface area contributed by atoms with E-state index in [9.17, 15) is 5.11 Å². The van der Waals surface area contributed by atoms with Gasteiger partial charge in [0.15, 0.2) is 0 Å². The van der Waals surface area contributed by atoms with Gasteiger partial charge in [-0.25, -0.2) is 0 Å². The number of halogens is 1. The van der Waals surface area contributed by atoms with Gasteiger partial charge in [-0.15, -0.1) is 0 Å². The summed E-state index contributed by atoms with van der Waals surface area (Å²) in [6.45, 7) is 24.4. The van der Waals surface area contributed by atoms with Gasteiger partial charge in [-0.3, -0.25) is 0 Å². The summed E-state index contributed by atoms with van der Waals surface area (Å²) in [4.78, 5) is 0. The van der Waals surface area contributed by atoms with Gasteiger partial charge < -0.3 is 22.0 Å². The summed E-state index contributed by atoms with van der Waals surface area (Å²) in [6.07, 6.45) is 13.8. The van der Waals surface area contributed by atoms with Gasteiger partial charge in [0.2, 0.25) is 0 Å². The molecule has 0 bridgehead atoms. The van der Waals surface area contributed by atoms with E-state index in [2.05, 4.69) is 62.3 Å². The Labute approximate surface area is 232 Å². The van der Waals surface area contributed by atoms with Crippen LogP contribution in [0.15, 0.2) is 0 Å². The average molecular weight is 526 g/mol. The number of hydrogen-bond donors (Lipinski definition) is 1. The van der Waals surface area contributed by atoms with Crippen LogP contribution in [0.5, 0.6) is 0 Å². The fourth-order valence-electron chi connectivity index (χ4n) is 9.69. The molecule has 0 radical (unpaired) electrons. The largest absolute Gasteiger partial charge is 1.00 e. The van der Waals surface area contributed by atoms with E-state index >= 15 is 0 Å². The van der Waals surface area contributed by atoms with E-state index in [0.29, 0.717) is 6.61 Å². The van der Waals surface area contributed by atoms with Gasteiger partial charge in [0, 0.05) is 50.0 Å². The summed E-state index contributed by atoms with van der Waals surface area (Å²) in [5.74, 6) is 7.32. The van der Waals surface area contributed by atoms with Crippen molar-refractivity contribution in [1.29, 1.82) is 0 Å². The molecule has 0 aromatic rings. The Morgan fingerprint density at radius 3 is 1.14 bits per heavy atom. The highest BCUT2D eigenvalue weighted by Gasteiger charge is 2.59. The molecule has 36 heavy (non-hydrogen) atoms. The molecule has 3 heteroatoms. The van der Waals surface area contributed by atoms with Crippen LogP contribution in [0, 0.1) is 53.3 Å². The second-order valence-corrected chi connectivity index (χ2v) is 15.0. The molecule has 9 atom stereocenters. The van der Waals surface area contributed by atoms with Gasteiger partial charge >= 0.3 is 0 Å². The average Bonchev–Trinajstić information content (AvgIpc) is 2.79. The van der Waals surface area contributed by atoms with Crippen LogP contribution >= 0.6 is 0 Å². The van der Waals surface area contributed by atoms with Crippen LogP contribution in [-0.4, -0.2) is 40.9 Å². The molecule has 0 amide bonds. The van der Waals surface area contributed by atoms with E-state index in [1.807, 2.05) is 0 Å². The predicted octanol–water partition coefficient (Wildman–Crippen LogP) is 5.57. The summed E-state index contributed by atoms with van der Waals surface area (Å²) >= 11 is 0. The molecule has 3 aliphatic rings. The van der Waals surface area contributed by atoms with Crippen LogP contribution in [0.4, 0.5) is 0 Å². The first-order valence-corrected chi connectivity index (χ1v) is 16.0. The number of hydrogen-bond acceptors (Lipinski definition) is 1. The zero-order valence-electron chi connectivity index (χ0n) is 25.7. The van der Waals surface area contributed by atoms with Crippen LogP contribution in [0.2, 0.25) is 0 Å². The second kappa shape index (κ2) is 14.0. The Morgan fingerprint density at radius 1 is 0.583 bits per heavy atom. The first kappa shape index (κ1) is 32.4. The summed E-state index contributed by atoms with van der Waals surface area (Å²) in [5.41, 5.74) is 0. The Balaban J connectivity index is 0.00000456. The number of rotatable bonds is 9. The standard InChI is InChI=1S/C33H64NO.ClH/c1-22(2)28-14-11-25(7)19-31(28)34(17-10-18-35,32-20-26(8)12-15-29(32)23(3)4)33-21-27(9)13-16-30(33)24(5)6;/h22-33,35H,10-21H2,1-9H3;1H/q+1;/p-1. The van der Waals surface area contributed by atoms with Crippen LogP contribution in [0.1, 0.15) is 127 Å². The number of aliphatic hydroxyl groups excluding tert-OH is 1. The van der Waals surface area contributed by atoms with Crippen molar-refractivity contribution in [1.82, 2.24) is 0 Å². The van der Waals surface area contributed by atoms with Crippen LogP contribution in [-0.2, 0) is 0 Å². The quantitative estimate of drug-likeness (QED) is 0.390. The second-order valence-electron chi connectivity index (χ2n) is 15.0. The molecule has 3 fully saturated rings. The molecular formula is C33H64ClNO. The van der Waals surface area contributed by atoms with Crippen molar-refractivity contribution in [2.45, 2.75) is 145 Å². The summed E-state index contributed by atoms with van der Waals surface area (Å²) in [5, 5.41) is 10.3. The minimum atomic E-state index is 0. The normalized spacial score (nSPS) is 39.8. The lowest BCUT2D eigenvalue weighted by molar-refractivity contribution is -1.01. The van der Waals surface area contributed by atoms with Gasteiger partial charge in [0.25, 0.3) is 0 Å². The highest BCUT2D eigenvalue weighted by molar-refractivity contribution is 4.93. The molecule has 0 heterocycles. The Bertz CT molecular complexity index is 554. The van der Waals surface area contributed by atoms with Gasteiger partial charge in [-0.05, 0) is 74.0 Å². The van der Waals surface area contributed by atoms with E-state index < -0.39 is 0 Å². The molecule has 0 saturated heterocycles. The van der Waals surface area contributed by atoms with Crippen molar-refractivity contribution in [2.75, 3.05) is 13.2 Å². The van der Waals surface area contributed by atoms with Crippen LogP contribution in [0.3, 0.4) is 0 Å². The number of aliphatic hydroxyl groups is 1. The van der Waals surface area contributed by atoms with Crippen molar-refractivity contribution >= 4 is 0 Å². The van der Waals surface area contributed by atoms with Crippen molar-refractivity contribution in [3.8, 4) is 0 Å². The molecular weight excluding hydrogens is 462 g/mol. The van der Waals surface area contributed by atoms with E-state index in [4.69, 9.17) is 0 Å². The lowest BCUT2D eigenvalue weighted by atomic mass is 9.63. The fraction of sp³-hybridized carbons (Fsp3) is 1.00. The minimum Gasteiger partial charge on any atom is -1.00 e. The van der Waals surface area contributed by atoms with Gasteiger partial charge in [-0.1, -0.05) is 62.3 Å². The Morgan fingerprint density at radius 2 is 0.889 bits per heavy atom. The summed E-state index contributed by atoms with van der Waals surface area (Å²) in [6, 6.07) is 2.33. The highest BCUT2D eigenvalue weighted by atomic mass is 35.5. The lowest BCUT2D eigenvalue weighted by Gasteiger charge is -2.64. The molecule has 0 aromatic heterocycles. The van der Waals surface area contributed by atoms with Crippen molar-refractivity contribution in [2.24, 2.45) is 53.3 Å². The first-order valence-electron chi connectivity index (χ1n) is 16.0. The number of nitrogens with zero attached hydrogens (tertiary/aromatic N) is 1. The highest BCUT2D eigenvalue weighted by Crippen LogP contribution is 2.53. The molecule has 3 aliphatic carbocycles. The third kappa shape index (κ3) is 6.85. The molecule has 3 rings (SSSR count). The molecule has 214 valence electrons. The molecule has 0 aromatic carbocycles. The molecule has 1 N–H and O–H groups in total. The van der Waals surface area contributed by atoms with E-state index in [1.54, 1.807) is 0 Å². The summed E-state index contributed by atoms with van der Waals surface area (Å²) < 4.78 is 1.38. The van der Waals surface area contributed by atoms with Crippen LogP contribution < -0.4 is 12.4 Å². The maximum absolute atomic E-state index is 10.3. The van der Waals surface area contributed by atoms with Crippen molar-refractivity contribution in [3.63, 3.8) is 0 Å². The minimum absolute atomic E-state index is 0. The third-order valence-electron chi connectivity index (χ3n) is 11.5. The van der Waals surface area contributed by atoms with Gasteiger partial charge in [0.05, 0.1) is 24.7 Å².